The second-order valence-corrected chi connectivity index (χ2v) is 20.5. The zero-order valence-corrected chi connectivity index (χ0v) is 45.3. The SMILES string of the molecule is CC/C=C/C/C=C/C/C=C/C/C=C/CCCCCCCCCCCC(=O)OCC(COCCC(C(=O)[O-])[N+](C)(C)C)OC(=O)CCCCCCCCCCCCCCCCCCCCCCCC. The average Bonchev–Trinajstić information content (AvgIpc) is 3.30. The van der Waals surface area contributed by atoms with Crippen molar-refractivity contribution >= 4 is 17.9 Å². The zero-order chi connectivity index (χ0) is 49.9. The normalized spacial score (nSPS) is 13.1. The Kier molecular flexibility index (Phi) is 48.7. The monoisotopic (exact) mass is 956 g/mol. The minimum absolute atomic E-state index is 0.0414. The Morgan fingerprint density at radius 1 is 0.456 bits per heavy atom. The molecule has 0 fully saturated rings. The molecule has 0 saturated carbocycles. The molecule has 0 rings (SSSR count). The van der Waals surface area contributed by atoms with Crippen molar-refractivity contribution in [2.45, 2.75) is 276 Å². The number of likely N-dealkylation sites (N-methyl/N-ethyl adjacent to an activating group) is 1. The number of carbonyl (C=O) groups is 3. The summed E-state index contributed by atoms with van der Waals surface area (Å²) in [4.78, 5) is 37.2. The Labute approximate surface area is 420 Å². The molecule has 68 heavy (non-hydrogen) atoms. The van der Waals surface area contributed by atoms with E-state index in [-0.39, 0.29) is 42.7 Å². The van der Waals surface area contributed by atoms with Crippen LogP contribution in [0.1, 0.15) is 264 Å². The van der Waals surface area contributed by atoms with Crippen molar-refractivity contribution in [2.24, 2.45) is 0 Å². The Morgan fingerprint density at radius 2 is 0.824 bits per heavy atom. The second kappa shape index (κ2) is 50.7. The number of carboxylic acids is 1. The molecule has 0 bridgehead atoms. The number of allylic oxidation sites excluding steroid dienone is 8. The van der Waals surface area contributed by atoms with Crippen molar-refractivity contribution < 1.29 is 38.2 Å². The molecule has 0 spiro atoms. The molecule has 0 amide bonds. The number of esters is 2. The summed E-state index contributed by atoms with van der Waals surface area (Å²) in [6.45, 7) is 4.59. The van der Waals surface area contributed by atoms with E-state index in [0.717, 1.165) is 70.6 Å². The summed E-state index contributed by atoms with van der Waals surface area (Å²) in [6, 6.07) is -0.727. The summed E-state index contributed by atoms with van der Waals surface area (Å²) < 4.78 is 17.3. The smallest absolute Gasteiger partial charge is 0.306 e. The quantitative estimate of drug-likeness (QED) is 0.0259. The predicted octanol–water partition coefficient (Wildman–Crippen LogP) is 15.8. The van der Waals surface area contributed by atoms with Gasteiger partial charge in [-0.1, -0.05) is 242 Å². The third kappa shape index (κ3) is 48.3. The first-order valence-electron chi connectivity index (χ1n) is 28.7. The molecule has 0 saturated heterocycles. The van der Waals surface area contributed by atoms with Gasteiger partial charge in [0.15, 0.2) is 6.10 Å². The molecular weight excluding hydrogens is 847 g/mol. The number of carbonyl (C=O) groups excluding carboxylic acids is 3. The van der Waals surface area contributed by atoms with E-state index in [1.165, 1.54) is 161 Å². The van der Waals surface area contributed by atoms with Gasteiger partial charge < -0.3 is 28.6 Å². The minimum Gasteiger partial charge on any atom is -0.544 e. The van der Waals surface area contributed by atoms with Gasteiger partial charge in [-0.3, -0.25) is 9.59 Å². The van der Waals surface area contributed by atoms with Crippen LogP contribution in [-0.4, -0.2) is 75.5 Å². The number of ether oxygens (including phenoxy) is 3. The zero-order valence-electron chi connectivity index (χ0n) is 45.3. The summed E-state index contributed by atoms with van der Waals surface area (Å²) in [5, 5.41) is 11.7. The van der Waals surface area contributed by atoms with Crippen LogP contribution in [0.2, 0.25) is 0 Å². The topological polar surface area (TPSA) is 102 Å². The number of hydrogen-bond acceptors (Lipinski definition) is 7. The molecule has 0 aliphatic carbocycles. The summed E-state index contributed by atoms with van der Waals surface area (Å²) >= 11 is 0. The van der Waals surface area contributed by atoms with Crippen LogP contribution in [0.25, 0.3) is 0 Å². The van der Waals surface area contributed by atoms with Crippen LogP contribution in [0.5, 0.6) is 0 Å². The van der Waals surface area contributed by atoms with Gasteiger partial charge in [-0.25, -0.2) is 0 Å². The molecule has 0 N–H and O–H groups in total. The molecule has 0 aromatic heterocycles. The fourth-order valence-electron chi connectivity index (χ4n) is 8.59. The summed E-state index contributed by atoms with van der Waals surface area (Å²) in [6.07, 6.45) is 62.9. The van der Waals surface area contributed by atoms with Crippen molar-refractivity contribution in [3.05, 3.63) is 48.6 Å². The van der Waals surface area contributed by atoms with Gasteiger partial charge in [-0.05, 0) is 51.4 Å². The molecule has 8 heteroatoms. The molecular formula is C60H109NO7. The van der Waals surface area contributed by atoms with E-state index < -0.39 is 18.1 Å². The second-order valence-electron chi connectivity index (χ2n) is 20.5. The van der Waals surface area contributed by atoms with Crippen LogP contribution < -0.4 is 5.11 Å². The molecule has 0 radical (unpaired) electrons. The van der Waals surface area contributed by atoms with Crippen LogP contribution in [0.3, 0.4) is 0 Å². The van der Waals surface area contributed by atoms with Crippen molar-refractivity contribution in [1.82, 2.24) is 0 Å². The van der Waals surface area contributed by atoms with Gasteiger partial charge in [0.1, 0.15) is 12.6 Å². The number of aliphatic carboxylic acids is 1. The number of carboxylic acid groups (broad SMARTS) is 1. The molecule has 396 valence electrons. The molecule has 0 aromatic carbocycles. The van der Waals surface area contributed by atoms with Gasteiger partial charge in [0.25, 0.3) is 0 Å². The van der Waals surface area contributed by atoms with E-state index in [4.69, 9.17) is 14.2 Å². The van der Waals surface area contributed by atoms with Crippen LogP contribution in [-0.2, 0) is 28.6 Å². The largest absolute Gasteiger partial charge is 0.544 e. The lowest BCUT2D eigenvalue weighted by Crippen LogP contribution is -2.55. The Bertz CT molecular complexity index is 1250. The van der Waals surface area contributed by atoms with Gasteiger partial charge in [-0.15, -0.1) is 0 Å². The summed E-state index contributed by atoms with van der Waals surface area (Å²) in [7, 11) is 5.43. The van der Waals surface area contributed by atoms with Crippen LogP contribution in [0.15, 0.2) is 48.6 Å². The van der Waals surface area contributed by atoms with Gasteiger partial charge in [0.05, 0.1) is 40.3 Å². The maximum atomic E-state index is 12.8. The first-order chi connectivity index (χ1) is 33.1. The highest BCUT2D eigenvalue weighted by Gasteiger charge is 2.25. The van der Waals surface area contributed by atoms with Gasteiger partial charge in [0, 0.05) is 19.3 Å². The summed E-state index contributed by atoms with van der Waals surface area (Å²) in [5.41, 5.74) is 0. The lowest BCUT2D eigenvalue weighted by molar-refractivity contribution is -0.889. The molecule has 0 aromatic rings. The predicted molar refractivity (Wildman–Crippen MR) is 286 cm³/mol. The Morgan fingerprint density at radius 3 is 1.22 bits per heavy atom. The highest BCUT2D eigenvalue weighted by Crippen LogP contribution is 2.17. The maximum absolute atomic E-state index is 12.8. The first kappa shape index (κ1) is 65.3. The number of rotatable bonds is 52. The van der Waals surface area contributed by atoms with Gasteiger partial charge in [-0.2, -0.15) is 0 Å². The number of hydrogen-bond donors (Lipinski definition) is 0. The maximum Gasteiger partial charge on any atom is 0.306 e. The van der Waals surface area contributed by atoms with Crippen molar-refractivity contribution in [2.75, 3.05) is 41.0 Å². The molecule has 0 aliphatic heterocycles. The first-order valence-corrected chi connectivity index (χ1v) is 28.7. The highest BCUT2D eigenvalue weighted by atomic mass is 16.6. The third-order valence-electron chi connectivity index (χ3n) is 13.0. The molecule has 0 aliphatic rings. The minimum atomic E-state index is -1.12. The fraction of sp³-hybridized carbons (Fsp3) is 0.817. The van der Waals surface area contributed by atoms with E-state index in [2.05, 4.69) is 62.5 Å². The van der Waals surface area contributed by atoms with Gasteiger partial charge >= 0.3 is 11.9 Å². The van der Waals surface area contributed by atoms with E-state index in [9.17, 15) is 19.5 Å². The Balaban J connectivity index is 4.16. The van der Waals surface area contributed by atoms with Crippen LogP contribution in [0, 0.1) is 0 Å². The van der Waals surface area contributed by atoms with Crippen molar-refractivity contribution in [3.63, 3.8) is 0 Å². The third-order valence-corrected chi connectivity index (χ3v) is 13.0. The number of nitrogens with zero attached hydrogens (tertiary/aromatic N) is 1. The fourth-order valence-corrected chi connectivity index (χ4v) is 8.59. The van der Waals surface area contributed by atoms with Crippen molar-refractivity contribution in [1.29, 1.82) is 0 Å². The lowest BCUT2D eigenvalue weighted by atomic mass is 10.0. The van der Waals surface area contributed by atoms with E-state index in [0.29, 0.717) is 12.8 Å². The molecule has 8 nitrogen and oxygen atoms in total. The average molecular weight is 957 g/mol. The van der Waals surface area contributed by atoms with Crippen molar-refractivity contribution in [3.8, 4) is 0 Å². The van der Waals surface area contributed by atoms with Gasteiger partial charge in [0.2, 0.25) is 0 Å². The van der Waals surface area contributed by atoms with E-state index >= 15 is 0 Å². The highest BCUT2D eigenvalue weighted by molar-refractivity contribution is 5.70. The standard InChI is InChI=1S/C60H109NO7/c1-6-8-10-12-14-16-18-20-22-24-26-28-30-32-34-36-38-40-42-44-46-48-50-58(62)67-55-56(54-66-53-52-57(60(64)65)61(3,4)5)68-59(63)51-49-47-45-43-41-39-37-35-33-31-29-27-25-23-21-19-17-15-13-11-9-7-2/h8,10,14,16,20,22,26,28,56-57H,6-7,9,11-13,15,17-19,21,23-25,27,29-55H2,1-5H3/b10-8+,16-14+,22-20+,28-26+. The lowest BCUT2D eigenvalue weighted by Gasteiger charge is -2.34. The summed E-state index contributed by atoms with van der Waals surface area (Å²) in [5.74, 6) is -1.73. The molecule has 2 atom stereocenters. The van der Waals surface area contributed by atoms with E-state index in [1.54, 1.807) is 0 Å². The number of quaternary nitrogens is 1. The van der Waals surface area contributed by atoms with E-state index in [1.807, 2.05) is 21.1 Å². The Hall–Kier alpha value is -2.71. The molecule has 0 heterocycles. The van der Waals surface area contributed by atoms with Crippen LogP contribution in [0.4, 0.5) is 0 Å². The molecule has 2 unspecified atom stereocenters. The number of unbranched alkanes of at least 4 members (excludes halogenated alkanes) is 30. The van der Waals surface area contributed by atoms with Crippen LogP contribution >= 0.6 is 0 Å².